The van der Waals surface area contributed by atoms with E-state index in [0.29, 0.717) is 6.21 Å². The zero-order valence-corrected chi connectivity index (χ0v) is 4.32. The third-order valence-electron chi connectivity index (χ3n) is 0.622. The minimum absolute atomic E-state index is 0.0972. The molecule has 0 heterocycles. The third-order valence-corrected chi connectivity index (χ3v) is 0.622. The van der Waals surface area contributed by atoms with E-state index in [-0.39, 0.29) is 5.70 Å². The Balaban J connectivity index is 4.25. The predicted octanol–water partition coefficient (Wildman–Crippen LogP) is 0.962. The van der Waals surface area contributed by atoms with Crippen molar-refractivity contribution in [3.05, 3.63) is 24.2 Å². The molecule has 3 N–H and O–H groups in total. The fraction of sp³-hybridized carbons (Fsp3) is 0. The minimum Gasteiger partial charge on any atom is -0.396 e. The van der Waals surface area contributed by atoms with Crippen molar-refractivity contribution in [1.29, 1.82) is 5.41 Å². The van der Waals surface area contributed by atoms with Crippen molar-refractivity contribution in [2.24, 2.45) is 5.73 Å². The number of halogens is 1. The van der Waals surface area contributed by atoms with Crippen molar-refractivity contribution < 1.29 is 4.39 Å². The van der Waals surface area contributed by atoms with Crippen LogP contribution in [-0.2, 0) is 0 Å². The van der Waals surface area contributed by atoms with Gasteiger partial charge in [0.25, 0.3) is 0 Å². The van der Waals surface area contributed by atoms with Crippen LogP contribution >= 0.6 is 0 Å². The number of nitrogens with one attached hydrogen (secondary N) is 1. The van der Waals surface area contributed by atoms with Crippen LogP contribution in [0.1, 0.15) is 0 Å². The number of hydrogen-bond donors (Lipinski definition) is 2. The first kappa shape index (κ1) is 6.88. The van der Waals surface area contributed by atoms with E-state index in [1.807, 2.05) is 0 Å². The molecule has 0 radical (unpaired) electrons. The van der Waals surface area contributed by atoms with E-state index in [2.05, 4.69) is 6.58 Å². The molecule has 2 nitrogen and oxygen atoms in total. The highest BCUT2D eigenvalue weighted by atomic mass is 19.1. The van der Waals surface area contributed by atoms with Crippen LogP contribution in [0.2, 0.25) is 0 Å². The summed E-state index contributed by atoms with van der Waals surface area (Å²) in [6, 6.07) is 0. The van der Waals surface area contributed by atoms with Crippen LogP contribution in [0.15, 0.2) is 24.2 Å². The van der Waals surface area contributed by atoms with Gasteiger partial charge in [0, 0.05) is 0 Å². The molecular weight excluding hydrogens is 107 g/mol. The zero-order chi connectivity index (χ0) is 6.57. The van der Waals surface area contributed by atoms with Gasteiger partial charge in [-0.1, -0.05) is 6.58 Å². The molecule has 3 heteroatoms. The van der Waals surface area contributed by atoms with Gasteiger partial charge >= 0.3 is 0 Å². The van der Waals surface area contributed by atoms with E-state index in [1.165, 1.54) is 0 Å². The summed E-state index contributed by atoms with van der Waals surface area (Å²) in [5.74, 6) is -0.750. The van der Waals surface area contributed by atoms with Crippen molar-refractivity contribution in [2.75, 3.05) is 0 Å². The SMILES string of the molecule is C=C/C(N)=C(/F)C=N. The average molecular weight is 114 g/mol. The normalized spacial score (nSPS) is 12.1. The smallest absolute Gasteiger partial charge is 0.163 e. The van der Waals surface area contributed by atoms with Gasteiger partial charge in [0.15, 0.2) is 5.83 Å². The summed E-state index contributed by atoms with van der Waals surface area (Å²) in [5, 5.41) is 6.36. The van der Waals surface area contributed by atoms with Crippen LogP contribution in [0.4, 0.5) is 4.39 Å². The van der Waals surface area contributed by atoms with Crippen LogP contribution in [-0.4, -0.2) is 6.21 Å². The van der Waals surface area contributed by atoms with Gasteiger partial charge in [0.05, 0.1) is 11.9 Å². The fourth-order valence-electron chi connectivity index (χ4n) is 0.181. The zero-order valence-electron chi connectivity index (χ0n) is 4.32. The quantitative estimate of drug-likeness (QED) is 0.407. The lowest BCUT2D eigenvalue weighted by Gasteiger charge is -1.87. The lowest BCUT2D eigenvalue weighted by Crippen LogP contribution is -1.95. The molecular formula is C5H7FN2. The largest absolute Gasteiger partial charge is 0.396 e. The van der Waals surface area contributed by atoms with Gasteiger partial charge in [0.1, 0.15) is 0 Å². The molecule has 0 rings (SSSR count). The molecule has 0 unspecified atom stereocenters. The van der Waals surface area contributed by atoms with Crippen molar-refractivity contribution in [3.8, 4) is 0 Å². The summed E-state index contributed by atoms with van der Waals surface area (Å²) in [4.78, 5) is 0. The van der Waals surface area contributed by atoms with Crippen molar-refractivity contribution in [2.45, 2.75) is 0 Å². The summed E-state index contributed by atoms with van der Waals surface area (Å²) in [6.07, 6.45) is 1.69. The maximum absolute atomic E-state index is 12.0. The van der Waals surface area contributed by atoms with E-state index in [1.54, 1.807) is 0 Å². The maximum atomic E-state index is 12.0. The monoisotopic (exact) mass is 114 g/mol. The molecule has 0 aromatic rings. The second kappa shape index (κ2) is 2.96. The van der Waals surface area contributed by atoms with Crippen LogP contribution in [0.25, 0.3) is 0 Å². The summed E-state index contributed by atoms with van der Waals surface area (Å²) in [7, 11) is 0. The van der Waals surface area contributed by atoms with E-state index >= 15 is 0 Å². The molecule has 44 valence electrons. The highest BCUT2D eigenvalue weighted by molar-refractivity contribution is 5.74. The molecule has 0 aromatic carbocycles. The van der Waals surface area contributed by atoms with E-state index < -0.39 is 5.83 Å². The van der Waals surface area contributed by atoms with Gasteiger partial charge in [0.2, 0.25) is 0 Å². The Morgan fingerprint density at radius 1 is 1.75 bits per heavy atom. The van der Waals surface area contributed by atoms with Gasteiger partial charge in [-0.05, 0) is 6.08 Å². The topological polar surface area (TPSA) is 49.9 Å². The predicted molar refractivity (Wildman–Crippen MR) is 31.3 cm³/mol. The highest BCUT2D eigenvalue weighted by Crippen LogP contribution is 1.95. The van der Waals surface area contributed by atoms with E-state index in [0.717, 1.165) is 6.08 Å². The Labute approximate surface area is 47.0 Å². The van der Waals surface area contributed by atoms with Crippen molar-refractivity contribution in [3.63, 3.8) is 0 Å². The average Bonchev–Trinajstić information content (AvgIpc) is 1.84. The summed E-state index contributed by atoms with van der Waals surface area (Å²) in [5.41, 5.74) is 4.87. The molecule has 0 aromatic heterocycles. The molecule has 0 aliphatic heterocycles. The second-order valence-electron chi connectivity index (χ2n) is 1.15. The second-order valence-corrected chi connectivity index (χ2v) is 1.15. The number of rotatable bonds is 2. The number of nitrogens with two attached hydrogens (primary N) is 1. The minimum atomic E-state index is -0.750. The first-order valence-corrected chi connectivity index (χ1v) is 2.00. The molecule has 0 bridgehead atoms. The maximum Gasteiger partial charge on any atom is 0.163 e. The van der Waals surface area contributed by atoms with E-state index in [9.17, 15) is 4.39 Å². The lowest BCUT2D eigenvalue weighted by atomic mass is 10.4. The lowest BCUT2D eigenvalue weighted by molar-refractivity contribution is 0.675. The van der Waals surface area contributed by atoms with Crippen molar-refractivity contribution in [1.82, 2.24) is 0 Å². The molecule has 0 aliphatic rings. The Hall–Kier alpha value is -1.12. The Bertz CT molecular complexity index is 121. The van der Waals surface area contributed by atoms with Crippen molar-refractivity contribution >= 4 is 6.21 Å². The molecule has 0 aliphatic carbocycles. The Morgan fingerprint density at radius 2 is 2.25 bits per heavy atom. The summed E-state index contributed by atoms with van der Waals surface area (Å²) in [6.45, 7) is 3.20. The highest BCUT2D eigenvalue weighted by Gasteiger charge is 1.90. The van der Waals surface area contributed by atoms with Gasteiger partial charge < -0.3 is 11.1 Å². The first-order valence-electron chi connectivity index (χ1n) is 2.00. The molecule has 0 saturated carbocycles. The Kier molecular flexibility index (Phi) is 2.54. The van der Waals surface area contributed by atoms with Gasteiger partial charge in [-0.25, -0.2) is 4.39 Å². The first-order chi connectivity index (χ1) is 3.72. The van der Waals surface area contributed by atoms with Gasteiger partial charge in [-0.15, -0.1) is 0 Å². The number of allylic oxidation sites excluding steroid dienone is 2. The van der Waals surface area contributed by atoms with Crippen LogP contribution < -0.4 is 5.73 Å². The van der Waals surface area contributed by atoms with Gasteiger partial charge in [-0.3, -0.25) is 0 Å². The fourth-order valence-corrected chi connectivity index (χ4v) is 0.181. The van der Waals surface area contributed by atoms with Crippen LogP contribution in [0.5, 0.6) is 0 Å². The van der Waals surface area contributed by atoms with Crippen LogP contribution in [0.3, 0.4) is 0 Å². The molecule has 0 amide bonds. The molecule has 0 saturated heterocycles. The van der Waals surface area contributed by atoms with Gasteiger partial charge in [-0.2, -0.15) is 0 Å². The van der Waals surface area contributed by atoms with Crippen LogP contribution in [0, 0.1) is 5.41 Å². The number of hydrogen-bond acceptors (Lipinski definition) is 2. The Morgan fingerprint density at radius 3 is 2.38 bits per heavy atom. The molecule has 0 spiro atoms. The third kappa shape index (κ3) is 1.55. The summed E-state index contributed by atoms with van der Waals surface area (Å²) < 4.78 is 12.0. The molecule has 0 atom stereocenters. The molecule has 0 fully saturated rings. The summed E-state index contributed by atoms with van der Waals surface area (Å²) >= 11 is 0. The van der Waals surface area contributed by atoms with E-state index in [4.69, 9.17) is 11.1 Å². The molecule has 8 heavy (non-hydrogen) atoms. The standard InChI is InChI=1S/C5H7FN2/c1-2-5(8)4(6)3-7/h2-3,7H,1,8H2/b5-4-,7-3?.